The molecule has 0 aliphatic carbocycles. The summed E-state index contributed by atoms with van der Waals surface area (Å²) < 4.78 is 35.4. The second kappa shape index (κ2) is 7.37. The van der Waals surface area contributed by atoms with E-state index in [9.17, 15) is 13.2 Å². The van der Waals surface area contributed by atoms with Crippen LogP contribution in [0.15, 0.2) is 0 Å². The zero-order chi connectivity index (χ0) is 13.6. The maximum atomic E-state index is 11.2. The molecule has 0 aromatic carbocycles. The van der Waals surface area contributed by atoms with Gasteiger partial charge < -0.3 is 4.74 Å². The maximum Gasteiger partial charge on any atom is 0.264 e. The lowest BCUT2D eigenvalue weighted by molar-refractivity contribution is -0.117. The summed E-state index contributed by atoms with van der Waals surface area (Å²) in [5.41, 5.74) is 0. The average molecular weight is 295 g/mol. The molecule has 0 aromatic heterocycles. The fourth-order valence-electron chi connectivity index (χ4n) is 1.92. The van der Waals surface area contributed by atoms with Crippen LogP contribution in [0.25, 0.3) is 0 Å². The lowest BCUT2D eigenvalue weighted by Gasteiger charge is -2.18. The summed E-state index contributed by atoms with van der Waals surface area (Å²) >= 11 is 1.70. The van der Waals surface area contributed by atoms with E-state index < -0.39 is 10.1 Å². The van der Waals surface area contributed by atoms with Crippen LogP contribution in [-0.4, -0.2) is 43.5 Å². The molecular weight excluding hydrogens is 276 g/mol. The number of ether oxygens (including phenoxy) is 1. The summed E-state index contributed by atoms with van der Waals surface area (Å²) in [6, 6.07) is 0. The van der Waals surface area contributed by atoms with Gasteiger partial charge >= 0.3 is 0 Å². The topological polar surface area (TPSA) is 80.7 Å². The minimum Gasteiger partial charge on any atom is -0.338 e. The van der Waals surface area contributed by atoms with E-state index in [1.165, 1.54) is 6.92 Å². The third-order valence-electron chi connectivity index (χ3n) is 2.70. The molecule has 1 atom stereocenters. The maximum absolute atomic E-state index is 11.2. The van der Waals surface area contributed by atoms with E-state index in [4.69, 9.17) is 9.29 Å². The molecule has 1 N–H and O–H groups in total. The van der Waals surface area contributed by atoms with Crippen molar-refractivity contribution in [1.29, 1.82) is 0 Å². The first-order valence-electron chi connectivity index (χ1n) is 5.89. The standard InChI is InChI=1S/C11H18O5S2/c1-9(12)7-10(3-2-6-18(13,14)15)11-8-16-4-5-17-11/h10H,2-8H2,1H3/p+1. The van der Waals surface area contributed by atoms with Crippen molar-refractivity contribution in [2.75, 3.05) is 24.7 Å². The summed E-state index contributed by atoms with van der Waals surface area (Å²) in [5, 5.41) is 1.12. The van der Waals surface area contributed by atoms with E-state index >= 15 is 0 Å². The summed E-state index contributed by atoms with van der Waals surface area (Å²) in [5.74, 6) is 0.766. The predicted octanol–water partition coefficient (Wildman–Crippen LogP) is 1.55. The van der Waals surface area contributed by atoms with Gasteiger partial charge in [0, 0.05) is 0 Å². The molecule has 0 radical (unpaired) electrons. The van der Waals surface area contributed by atoms with Crippen LogP contribution in [0.1, 0.15) is 26.2 Å². The Bertz CT molecular complexity index is 360. The van der Waals surface area contributed by atoms with Gasteiger partial charge in [-0.15, -0.1) is 0 Å². The SMILES string of the molecule is CC(=O)CC(CCCS(=O)(=O)O)[C+]1COCCS1. The monoisotopic (exact) mass is 295 g/mol. The molecule has 1 unspecified atom stereocenters. The molecule has 0 bridgehead atoms. The fraction of sp³-hybridized carbons (Fsp3) is 0.818. The highest BCUT2D eigenvalue weighted by molar-refractivity contribution is 8.02. The van der Waals surface area contributed by atoms with Crippen molar-refractivity contribution in [3.05, 3.63) is 5.25 Å². The summed E-state index contributed by atoms with van der Waals surface area (Å²) in [7, 11) is -3.91. The number of carbonyl (C=O) groups excluding carboxylic acids is 1. The molecule has 1 fully saturated rings. The Balaban J connectivity index is 2.46. The molecule has 0 saturated carbocycles. The van der Waals surface area contributed by atoms with Crippen molar-refractivity contribution in [1.82, 2.24) is 0 Å². The van der Waals surface area contributed by atoms with E-state index in [0.29, 0.717) is 32.5 Å². The van der Waals surface area contributed by atoms with Crippen LogP contribution in [0.5, 0.6) is 0 Å². The van der Waals surface area contributed by atoms with Crippen molar-refractivity contribution in [2.45, 2.75) is 26.2 Å². The first kappa shape index (κ1) is 15.8. The molecular formula is C11H19O5S2+. The number of carbonyl (C=O) groups is 1. The van der Waals surface area contributed by atoms with E-state index in [-0.39, 0.29) is 17.5 Å². The molecule has 1 rings (SSSR count). The van der Waals surface area contributed by atoms with Crippen molar-refractivity contribution in [3.63, 3.8) is 0 Å². The van der Waals surface area contributed by atoms with Crippen LogP contribution in [0.3, 0.4) is 0 Å². The van der Waals surface area contributed by atoms with Crippen molar-refractivity contribution >= 4 is 27.7 Å². The molecule has 1 heterocycles. The lowest BCUT2D eigenvalue weighted by Crippen LogP contribution is -2.23. The molecule has 0 amide bonds. The summed E-state index contributed by atoms with van der Waals surface area (Å²) in [6.07, 6.45) is 1.36. The van der Waals surface area contributed by atoms with Gasteiger partial charge in [-0.25, -0.2) is 0 Å². The Kier molecular flexibility index (Phi) is 6.48. The minimum absolute atomic E-state index is 0.0505. The summed E-state index contributed by atoms with van der Waals surface area (Å²) in [6.45, 7) is 2.78. The molecule has 1 aliphatic rings. The molecule has 1 saturated heterocycles. The van der Waals surface area contributed by atoms with E-state index in [2.05, 4.69) is 0 Å². The van der Waals surface area contributed by atoms with Crippen LogP contribution >= 0.6 is 11.8 Å². The van der Waals surface area contributed by atoms with Gasteiger partial charge in [0.1, 0.15) is 11.7 Å². The van der Waals surface area contributed by atoms with Crippen LogP contribution in [0.4, 0.5) is 0 Å². The van der Waals surface area contributed by atoms with Crippen LogP contribution in [0.2, 0.25) is 0 Å². The highest BCUT2D eigenvalue weighted by atomic mass is 32.2. The van der Waals surface area contributed by atoms with Crippen molar-refractivity contribution in [3.8, 4) is 0 Å². The zero-order valence-corrected chi connectivity index (χ0v) is 12.1. The lowest BCUT2D eigenvalue weighted by atomic mass is 9.94. The average Bonchev–Trinajstić information content (AvgIpc) is 2.27. The number of thioether (sulfide) groups is 1. The van der Waals surface area contributed by atoms with E-state index in [0.717, 1.165) is 11.0 Å². The van der Waals surface area contributed by atoms with Gasteiger partial charge in [0.2, 0.25) is 6.61 Å². The largest absolute Gasteiger partial charge is 0.338 e. The number of hydrogen-bond donors (Lipinski definition) is 1. The molecule has 104 valence electrons. The van der Waals surface area contributed by atoms with Gasteiger partial charge in [0.25, 0.3) is 10.1 Å². The van der Waals surface area contributed by atoms with Gasteiger partial charge in [0.15, 0.2) is 5.25 Å². The quantitative estimate of drug-likeness (QED) is 0.567. The second-order valence-corrected chi connectivity index (χ2v) is 7.19. The Morgan fingerprint density at radius 2 is 2.28 bits per heavy atom. The first-order chi connectivity index (χ1) is 8.38. The van der Waals surface area contributed by atoms with Gasteiger partial charge in [0.05, 0.1) is 36.3 Å². The van der Waals surface area contributed by atoms with Crippen LogP contribution < -0.4 is 0 Å². The van der Waals surface area contributed by atoms with Crippen molar-refractivity contribution in [2.24, 2.45) is 5.92 Å². The molecule has 7 heteroatoms. The summed E-state index contributed by atoms with van der Waals surface area (Å²) in [4.78, 5) is 11.2. The fourth-order valence-corrected chi connectivity index (χ4v) is 3.52. The third kappa shape index (κ3) is 6.63. The number of ketones is 1. The van der Waals surface area contributed by atoms with Crippen LogP contribution in [-0.2, 0) is 19.6 Å². The number of Topliss-reactive ketones (excluding diaryl/α,β-unsaturated/α-hetero) is 1. The van der Waals surface area contributed by atoms with Gasteiger partial charge in [-0.1, -0.05) is 0 Å². The third-order valence-corrected chi connectivity index (χ3v) is 4.70. The normalized spacial score (nSPS) is 18.7. The second-order valence-electron chi connectivity index (χ2n) is 4.40. The van der Waals surface area contributed by atoms with E-state index in [1.54, 1.807) is 11.8 Å². The number of rotatable bonds is 7. The number of hydrogen-bond acceptors (Lipinski definition) is 5. The Morgan fingerprint density at radius 3 is 2.78 bits per heavy atom. The van der Waals surface area contributed by atoms with Crippen molar-refractivity contribution < 1.29 is 22.5 Å². The molecule has 0 spiro atoms. The Labute approximate surface area is 112 Å². The minimum atomic E-state index is -3.91. The van der Waals surface area contributed by atoms with Crippen LogP contribution in [0, 0.1) is 11.2 Å². The van der Waals surface area contributed by atoms with E-state index in [1.807, 2.05) is 0 Å². The Hall–Kier alpha value is -0.240. The highest BCUT2D eigenvalue weighted by Gasteiger charge is 2.37. The molecule has 0 aromatic rings. The molecule has 18 heavy (non-hydrogen) atoms. The van der Waals surface area contributed by atoms with Gasteiger partial charge in [-0.2, -0.15) is 8.42 Å². The molecule has 1 aliphatic heterocycles. The highest BCUT2D eigenvalue weighted by Crippen LogP contribution is 2.36. The van der Waals surface area contributed by atoms with Gasteiger partial charge in [-0.05, 0) is 19.8 Å². The van der Waals surface area contributed by atoms with Gasteiger partial charge in [-0.3, -0.25) is 9.35 Å². The molecule has 5 nitrogen and oxygen atoms in total. The predicted molar refractivity (Wildman–Crippen MR) is 71.0 cm³/mol. The zero-order valence-electron chi connectivity index (χ0n) is 10.4. The smallest absolute Gasteiger partial charge is 0.264 e. The first-order valence-corrected chi connectivity index (χ1v) is 8.49. The Morgan fingerprint density at radius 1 is 1.56 bits per heavy atom.